The van der Waals surface area contributed by atoms with Crippen molar-refractivity contribution in [2.24, 2.45) is 5.41 Å². The van der Waals surface area contributed by atoms with Crippen LogP contribution < -0.4 is 15.3 Å². The van der Waals surface area contributed by atoms with Crippen LogP contribution in [0.5, 0.6) is 0 Å². The average Bonchev–Trinajstić information content (AvgIpc) is 3.40. The number of alkyl halides is 3. The number of aromatic nitrogens is 2. The van der Waals surface area contributed by atoms with Gasteiger partial charge >= 0.3 is 6.18 Å². The molecular formula is C44H53BrF4N4O2Si. The Morgan fingerprint density at radius 2 is 1.46 bits per heavy atom. The summed E-state index contributed by atoms with van der Waals surface area (Å²) < 4.78 is 74.2. The van der Waals surface area contributed by atoms with E-state index in [1.807, 2.05) is 49.4 Å². The molecule has 0 spiro atoms. The highest BCUT2D eigenvalue weighted by Crippen LogP contribution is 2.45. The van der Waals surface area contributed by atoms with Gasteiger partial charge in [0.25, 0.3) is 8.32 Å². The molecule has 1 fully saturated rings. The smallest absolute Gasteiger partial charge is 0.406 e. The van der Waals surface area contributed by atoms with Crippen molar-refractivity contribution in [3.05, 3.63) is 107 Å². The lowest BCUT2D eigenvalue weighted by Gasteiger charge is -2.44. The van der Waals surface area contributed by atoms with E-state index in [0.29, 0.717) is 40.9 Å². The highest BCUT2D eigenvalue weighted by Gasteiger charge is 2.51. The minimum atomic E-state index is -4.60. The zero-order valence-corrected chi connectivity index (χ0v) is 36.2. The van der Waals surface area contributed by atoms with Crippen LogP contribution in [0.2, 0.25) is 5.04 Å². The van der Waals surface area contributed by atoms with Gasteiger partial charge in [0.15, 0.2) is 0 Å². The Labute approximate surface area is 338 Å². The summed E-state index contributed by atoms with van der Waals surface area (Å²) in [7, 11) is 0.679. The Hall–Kier alpha value is -3.55. The molecule has 5 aromatic rings. The number of rotatable bonds is 12. The molecule has 2 aromatic heterocycles. The standard InChI is InChI=1S/C44H53BrF4N4O2Si/c1-30(54-8)40-35(23-31(27-50-40)52-21-19-51(7)20-22-52)41-36(34-24-37(45)38(46)25-39(34)53(41)28-44(47,48)49)26-43(5,6)29-55-56(42(2,3)4,32-15-11-9-12-16-32)33-17-13-10-14-18-33/h9-18,23-25,27,30H,19-22,26,28-29H2,1-8H3/t30-/m0/s1. The van der Waals surface area contributed by atoms with Gasteiger partial charge in [-0.2, -0.15) is 13.2 Å². The number of likely N-dealkylation sites (N-methyl/N-ethyl adjacent to an activating group) is 1. The number of anilines is 1. The van der Waals surface area contributed by atoms with Crippen molar-refractivity contribution < 1.29 is 26.7 Å². The number of piperazine rings is 1. The van der Waals surface area contributed by atoms with Gasteiger partial charge in [-0.3, -0.25) is 4.98 Å². The lowest BCUT2D eigenvalue weighted by Crippen LogP contribution is -2.67. The van der Waals surface area contributed by atoms with Crippen molar-refractivity contribution in [2.75, 3.05) is 51.8 Å². The molecule has 1 aliphatic heterocycles. The van der Waals surface area contributed by atoms with Crippen molar-refractivity contribution in [1.82, 2.24) is 14.5 Å². The normalized spacial score (nSPS) is 15.5. The third kappa shape index (κ3) is 8.64. The Kier molecular flexibility index (Phi) is 12.3. The Morgan fingerprint density at radius 1 is 0.875 bits per heavy atom. The number of ether oxygens (including phenoxy) is 1. The van der Waals surface area contributed by atoms with Gasteiger partial charge in [0.2, 0.25) is 0 Å². The van der Waals surface area contributed by atoms with Gasteiger partial charge in [0.05, 0.1) is 39.4 Å². The van der Waals surface area contributed by atoms with Crippen LogP contribution >= 0.6 is 15.9 Å². The molecule has 12 heteroatoms. The van der Waals surface area contributed by atoms with E-state index in [2.05, 4.69) is 91.7 Å². The van der Waals surface area contributed by atoms with Crippen LogP contribution in [0.1, 0.15) is 58.9 Å². The summed E-state index contributed by atoms with van der Waals surface area (Å²) in [4.78, 5) is 9.35. The molecule has 0 aliphatic carbocycles. The van der Waals surface area contributed by atoms with E-state index in [9.17, 15) is 13.2 Å². The quantitative estimate of drug-likeness (QED) is 0.0925. The fraction of sp³-hybridized carbons (Fsp3) is 0.432. The molecule has 3 heterocycles. The van der Waals surface area contributed by atoms with Crippen LogP contribution in [0.4, 0.5) is 23.2 Å². The average molecular weight is 854 g/mol. The first-order valence-corrected chi connectivity index (χ1v) is 21.8. The molecule has 3 aromatic carbocycles. The molecule has 1 aliphatic rings. The van der Waals surface area contributed by atoms with E-state index < -0.39 is 38.4 Å². The molecule has 0 saturated carbocycles. The van der Waals surface area contributed by atoms with Crippen LogP contribution in [-0.2, 0) is 22.1 Å². The molecule has 0 bridgehead atoms. The predicted molar refractivity (Wildman–Crippen MR) is 225 cm³/mol. The number of halogens is 5. The number of hydrogen-bond acceptors (Lipinski definition) is 5. The minimum Gasteiger partial charge on any atom is -0.407 e. The summed E-state index contributed by atoms with van der Waals surface area (Å²) in [6, 6.07) is 25.5. The molecule has 6 rings (SSSR count). The Balaban J connectivity index is 1.56. The van der Waals surface area contributed by atoms with Crippen molar-refractivity contribution in [1.29, 1.82) is 0 Å². The number of fused-ring (bicyclic) bond motifs is 1. The van der Waals surface area contributed by atoms with Gasteiger partial charge < -0.3 is 23.5 Å². The monoisotopic (exact) mass is 852 g/mol. The van der Waals surface area contributed by atoms with E-state index in [1.54, 1.807) is 19.4 Å². The van der Waals surface area contributed by atoms with Crippen molar-refractivity contribution in [3.8, 4) is 11.3 Å². The fourth-order valence-corrected chi connectivity index (χ4v) is 13.3. The lowest BCUT2D eigenvalue weighted by molar-refractivity contribution is -0.139. The molecule has 6 nitrogen and oxygen atoms in total. The molecule has 300 valence electrons. The first-order chi connectivity index (χ1) is 26.3. The van der Waals surface area contributed by atoms with Gasteiger partial charge in [0.1, 0.15) is 12.4 Å². The zero-order valence-electron chi connectivity index (χ0n) is 33.6. The number of hydrogen-bond donors (Lipinski definition) is 0. The van der Waals surface area contributed by atoms with Crippen molar-refractivity contribution in [2.45, 2.75) is 71.8 Å². The highest BCUT2D eigenvalue weighted by molar-refractivity contribution is 9.10. The second-order valence-corrected chi connectivity index (χ2v) is 22.1. The van der Waals surface area contributed by atoms with Crippen LogP contribution in [0.25, 0.3) is 22.2 Å². The summed E-state index contributed by atoms with van der Waals surface area (Å²) in [6.45, 7) is 14.9. The predicted octanol–water partition coefficient (Wildman–Crippen LogP) is 9.77. The van der Waals surface area contributed by atoms with Gasteiger partial charge in [-0.05, 0) is 80.9 Å². The van der Waals surface area contributed by atoms with Crippen LogP contribution in [0, 0.1) is 11.2 Å². The first-order valence-electron chi connectivity index (χ1n) is 19.1. The Morgan fingerprint density at radius 3 is 2.00 bits per heavy atom. The van der Waals surface area contributed by atoms with Crippen LogP contribution in [0.3, 0.4) is 0 Å². The summed E-state index contributed by atoms with van der Waals surface area (Å²) in [5, 5.41) is 2.54. The van der Waals surface area contributed by atoms with E-state index >= 15 is 4.39 Å². The largest absolute Gasteiger partial charge is 0.407 e. The second-order valence-electron chi connectivity index (χ2n) is 16.9. The lowest BCUT2D eigenvalue weighted by atomic mass is 9.84. The molecule has 0 N–H and O–H groups in total. The number of pyridine rings is 1. The molecule has 1 atom stereocenters. The highest BCUT2D eigenvalue weighted by atomic mass is 79.9. The third-order valence-corrected chi connectivity index (χ3v) is 16.7. The van der Waals surface area contributed by atoms with Crippen molar-refractivity contribution >= 4 is 51.2 Å². The maximum atomic E-state index is 15.4. The molecule has 56 heavy (non-hydrogen) atoms. The summed E-state index contributed by atoms with van der Waals surface area (Å²) in [5.74, 6) is -0.638. The molecule has 0 amide bonds. The number of benzene rings is 3. The van der Waals surface area contributed by atoms with E-state index in [-0.39, 0.29) is 15.0 Å². The topological polar surface area (TPSA) is 42.8 Å². The van der Waals surface area contributed by atoms with E-state index in [4.69, 9.17) is 14.1 Å². The van der Waals surface area contributed by atoms with E-state index in [0.717, 1.165) is 42.2 Å². The molecule has 0 radical (unpaired) electrons. The SMILES string of the molecule is CO[C@@H](C)c1ncc(N2CCN(C)CC2)cc1-c1c(CC(C)(C)CO[Si](c2ccccc2)(c2ccccc2)C(C)(C)C)c2cc(Br)c(F)cc2n1CC(F)(F)F. The third-order valence-electron chi connectivity index (χ3n) is 11.1. The van der Waals surface area contributed by atoms with Crippen molar-refractivity contribution in [3.63, 3.8) is 0 Å². The van der Waals surface area contributed by atoms with E-state index in [1.165, 1.54) is 10.6 Å². The fourth-order valence-electron chi connectivity index (χ4n) is 8.16. The minimum absolute atomic E-state index is 0.165. The number of methoxy groups -OCH3 is 1. The summed E-state index contributed by atoms with van der Waals surface area (Å²) in [5.41, 5.74) is 2.45. The maximum Gasteiger partial charge on any atom is 0.406 e. The molecule has 0 unspecified atom stereocenters. The van der Waals surface area contributed by atoms with Gasteiger partial charge in [-0.25, -0.2) is 4.39 Å². The molecule has 1 saturated heterocycles. The van der Waals surface area contributed by atoms with Gasteiger partial charge in [0, 0.05) is 50.8 Å². The second kappa shape index (κ2) is 16.4. The molecular weight excluding hydrogens is 800 g/mol. The van der Waals surface area contributed by atoms with Gasteiger partial charge in [-0.1, -0.05) is 95.3 Å². The Bertz CT molecular complexity index is 2090. The first kappa shape index (κ1) is 42.1. The van der Waals surface area contributed by atoms with Gasteiger partial charge in [-0.15, -0.1) is 0 Å². The zero-order chi connectivity index (χ0) is 40.6. The maximum absolute atomic E-state index is 15.4. The summed E-state index contributed by atoms with van der Waals surface area (Å²) >= 11 is 3.36. The summed E-state index contributed by atoms with van der Waals surface area (Å²) in [6.07, 6.45) is -3.02. The van der Waals surface area contributed by atoms with Crippen LogP contribution in [-0.4, -0.2) is 75.9 Å². The van der Waals surface area contributed by atoms with Crippen LogP contribution in [0.15, 0.2) is 89.5 Å². The number of nitrogens with zero attached hydrogens (tertiary/aromatic N) is 4.